The van der Waals surface area contributed by atoms with Crippen molar-refractivity contribution in [1.29, 1.82) is 0 Å². The number of hydrogen-bond donors (Lipinski definition) is 3. The van der Waals surface area contributed by atoms with Crippen molar-refractivity contribution in [3.05, 3.63) is 59.7 Å². The minimum Gasteiger partial charge on any atom is -0.484 e. The second-order valence-corrected chi connectivity index (χ2v) is 7.24. The van der Waals surface area contributed by atoms with Gasteiger partial charge in [-0.25, -0.2) is 0 Å². The summed E-state index contributed by atoms with van der Waals surface area (Å²) in [4.78, 5) is 35.8. The third-order valence-corrected chi connectivity index (χ3v) is 4.42. The minimum absolute atomic E-state index is 0.0554. The second-order valence-electron chi connectivity index (χ2n) is 7.24. The van der Waals surface area contributed by atoms with E-state index >= 15 is 0 Å². The summed E-state index contributed by atoms with van der Waals surface area (Å²) in [5.74, 6) is 0.00570. The van der Waals surface area contributed by atoms with Gasteiger partial charge in [0.2, 0.25) is 5.91 Å². The molecule has 3 amide bonds. The summed E-state index contributed by atoms with van der Waals surface area (Å²) in [6.07, 6.45) is 2.25. The van der Waals surface area contributed by atoms with Crippen LogP contribution in [0.25, 0.3) is 0 Å². The highest BCUT2D eigenvalue weighted by atomic mass is 16.5. The molecule has 0 saturated carbocycles. The Labute approximate surface area is 177 Å². The number of anilines is 1. The van der Waals surface area contributed by atoms with Crippen LogP contribution in [0, 0.1) is 0 Å². The summed E-state index contributed by atoms with van der Waals surface area (Å²) in [6.45, 7) is 6.01. The fraction of sp³-hybridized carbons (Fsp3) is 0.348. The van der Waals surface area contributed by atoms with Gasteiger partial charge in [-0.1, -0.05) is 39.3 Å². The summed E-state index contributed by atoms with van der Waals surface area (Å²) < 4.78 is 5.42. The summed E-state index contributed by atoms with van der Waals surface area (Å²) in [7, 11) is 0. The fourth-order valence-electron chi connectivity index (χ4n) is 2.60. The van der Waals surface area contributed by atoms with Crippen molar-refractivity contribution in [3.8, 4) is 5.75 Å². The predicted octanol–water partition coefficient (Wildman–Crippen LogP) is 3.78. The lowest BCUT2D eigenvalue weighted by atomic mass is 10.0. The SMILES string of the molecule is CCCCC(=O)Nc1ccc(C(=O)NNC(=O)COc2ccc(C(C)C)cc2)cc1. The van der Waals surface area contributed by atoms with Gasteiger partial charge in [-0.3, -0.25) is 25.2 Å². The summed E-state index contributed by atoms with van der Waals surface area (Å²) in [5, 5.41) is 2.78. The first-order chi connectivity index (χ1) is 14.4. The van der Waals surface area contributed by atoms with Crippen LogP contribution in [0.4, 0.5) is 5.69 Å². The number of benzene rings is 2. The van der Waals surface area contributed by atoms with Crippen LogP contribution in [0.3, 0.4) is 0 Å². The van der Waals surface area contributed by atoms with Crippen LogP contribution >= 0.6 is 0 Å². The molecule has 7 nitrogen and oxygen atoms in total. The second kappa shape index (κ2) is 11.6. The molecule has 0 aliphatic carbocycles. The lowest BCUT2D eigenvalue weighted by Gasteiger charge is -2.10. The predicted molar refractivity (Wildman–Crippen MR) is 116 cm³/mol. The Bertz CT molecular complexity index is 846. The zero-order valence-electron chi connectivity index (χ0n) is 17.7. The zero-order chi connectivity index (χ0) is 21.9. The topological polar surface area (TPSA) is 96.5 Å². The van der Waals surface area contributed by atoms with E-state index in [1.807, 2.05) is 31.2 Å². The Hall–Kier alpha value is -3.35. The Morgan fingerprint density at radius 1 is 0.900 bits per heavy atom. The van der Waals surface area contributed by atoms with Crippen molar-refractivity contribution in [2.24, 2.45) is 0 Å². The van der Waals surface area contributed by atoms with E-state index in [0.717, 1.165) is 12.8 Å². The maximum Gasteiger partial charge on any atom is 0.276 e. The maximum absolute atomic E-state index is 12.1. The van der Waals surface area contributed by atoms with Gasteiger partial charge in [0.1, 0.15) is 5.75 Å². The molecule has 0 aromatic heterocycles. The van der Waals surface area contributed by atoms with Crippen LogP contribution in [0.1, 0.15) is 61.9 Å². The van der Waals surface area contributed by atoms with E-state index in [1.165, 1.54) is 5.56 Å². The average Bonchev–Trinajstić information content (AvgIpc) is 2.75. The molecule has 30 heavy (non-hydrogen) atoms. The summed E-state index contributed by atoms with van der Waals surface area (Å²) in [6, 6.07) is 14.0. The lowest BCUT2D eigenvalue weighted by Crippen LogP contribution is -2.43. The van der Waals surface area contributed by atoms with Crippen LogP contribution < -0.4 is 20.9 Å². The number of unbranched alkanes of at least 4 members (excludes halogenated alkanes) is 1. The van der Waals surface area contributed by atoms with Gasteiger partial charge in [0.05, 0.1) is 0 Å². The van der Waals surface area contributed by atoms with Gasteiger partial charge in [-0.2, -0.15) is 0 Å². The first kappa shape index (κ1) is 22.9. The van der Waals surface area contributed by atoms with Gasteiger partial charge in [-0.05, 0) is 54.3 Å². The van der Waals surface area contributed by atoms with E-state index < -0.39 is 11.8 Å². The Morgan fingerprint density at radius 3 is 2.17 bits per heavy atom. The first-order valence-corrected chi connectivity index (χ1v) is 10.1. The third-order valence-electron chi connectivity index (χ3n) is 4.42. The van der Waals surface area contributed by atoms with Crippen LogP contribution in [0.5, 0.6) is 5.75 Å². The van der Waals surface area contributed by atoms with Crippen molar-refractivity contribution in [2.45, 2.75) is 46.0 Å². The van der Waals surface area contributed by atoms with Gasteiger partial charge in [0.15, 0.2) is 6.61 Å². The zero-order valence-corrected chi connectivity index (χ0v) is 17.7. The minimum atomic E-state index is -0.476. The molecule has 0 heterocycles. The normalized spacial score (nSPS) is 10.4. The highest BCUT2D eigenvalue weighted by Gasteiger charge is 2.09. The maximum atomic E-state index is 12.1. The molecule has 0 saturated heterocycles. The first-order valence-electron chi connectivity index (χ1n) is 10.1. The van der Waals surface area contributed by atoms with Crippen LogP contribution in [0.15, 0.2) is 48.5 Å². The molecule has 2 rings (SSSR count). The summed E-state index contributed by atoms with van der Waals surface area (Å²) in [5.41, 5.74) is 6.82. The van der Waals surface area contributed by atoms with Gasteiger partial charge in [0, 0.05) is 17.7 Å². The molecule has 0 aliphatic heterocycles. The summed E-state index contributed by atoms with van der Waals surface area (Å²) >= 11 is 0. The van der Waals surface area contributed by atoms with Crippen LogP contribution in [-0.2, 0) is 9.59 Å². The molecule has 160 valence electrons. The van der Waals surface area contributed by atoms with Crippen molar-refractivity contribution in [1.82, 2.24) is 10.9 Å². The van der Waals surface area contributed by atoms with Crippen molar-refractivity contribution in [2.75, 3.05) is 11.9 Å². The molecule has 3 N–H and O–H groups in total. The molecule has 7 heteroatoms. The van der Waals surface area contributed by atoms with Crippen molar-refractivity contribution in [3.63, 3.8) is 0 Å². The van der Waals surface area contributed by atoms with Gasteiger partial charge >= 0.3 is 0 Å². The Kier molecular flexibility index (Phi) is 8.87. The quantitative estimate of drug-likeness (QED) is 0.547. The standard InChI is InChI=1S/C23H29N3O4/c1-4-5-6-21(27)24-19-11-7-18(8-12-19)23(29)26-25-22(28)15-30-20-13-9-17(10-14-20)16(2)3/h7-14,16H,4-6,15H2,1-3H3,(H,24,27)(H,25,28)(H,26,29). The van der Waals surface area contributed by atoms with Crippen molar-refractivity contribution >= 4 is 23.4 Å². The molecule has 0 fully saturated rings. The smallest absolute Gasteiger partial charge is 0.276 e. The number of nitrogens with one attached hydrogen (secondary N) is 3. The largest absolute Gasteiger partial charge is 0.484 e. The molecule has 2 aromatic rings. The molecular weight excluding hydrogens is 382 g/mol. The molecule has 0 spiro atoms. The van der Waals surface area contributed by atoms with Crippen LogP contribution in [0.2, 0.25) is 0 Å². The lowest BCUT2D eigenvalue weighted by molar-refractivity contribution is -0.123. The molecule has 0 bridgehead atoms. The molecular formula is C23H29N3O4. The Balaban J connectivity index is 1.75. The number of amides is 3. The van der Waals surface area contributed by atoms with Gasteiger partial charge in [0.25, 0.3) is 11.8 Å². The number of ether oxygens (including phenoxy) is 1. The third kappa shape index (κ3) is 7.58. The highest BCUT2D eigenvalue weighted by Crippen LogP contribution is 2.18. The Morgan fingerprint density at radius 2 is 1.57 bits per heavy atom. The van der Waals surface area contributed by atoms with Gasteiger partial charge < -0.3 is 10.1 Å². The van der Waals surface area contributed by atoms with E-state index in [1.54, 1.807) is 24.3 Å². The van der Waals surface area contributed by atoms with E-state index in [-0.39, 0.29) is 12.5 Å². The monoisotopic (exact) mass is 411 g/mol. The van der Waals surface area contributed by atoms with E-state index in [9.17, 15) is 14.4 Å². The average molecular weight is 412 g/mol. The highest BCUT2D eigenvalue weighted by molar-refractivity contribution is 5.96. The number of carbonyl (C=O) groups is 3. The fourth-order valence-corrected chi connectivity index (χ4v) is 2.60. The van der Waals surface area contributed by atoms with Crippen molar-refractivity contribution < 1.29 is 19.1 Å². The molecule has 0 unspecified atom stereocenters. The number of carbonyl (C=O) groups excluding carboxylic acids is 3. The number of hydrazine groups is 1. The molecule has 0 radical (unpaired) electrons. The number of rotatable bonds is 9. The van der Waals surface area contributed by atoms with Crippen LogP contribution in [-0.4, -0.2) is 24.3 Å². The van der Waals surface area contributed by atoms with E-state index in [4.69, 9.17) is 4.74 Å². The number of hydrogen-bond acceptors (Lipinski definition) is 4. The van der Waals surface area contributed by atoms with E-state index in [2.05, 4.69) is 30.0 Å². The molecule has 0 atom stereocenters. The molecule has 2 aromatic carbocycles. The molecule has 0 aliphatic rings. The van der Waals surface area contributed by atoms with E-state index in [0.29, 0.717) is 29.3 Å². The van der Waals surface area contributed by atoms with Gasteiger partial charge in [-0.15, -0.1) is 0 Å².